The van der Waals surface area contributed by atoms with Gasteiger partial charge in [0.15, 0.2) is 6.10 Å². The first-order chi connectivity index (χ1) is 28.3. The molecular formula is C48H88NO8P. The highest BCUT2D eigenvalue weighted by Gasteiger charge is 2.26. The van der Waals surface area contributed by atoms with Gasteiger partial charge in [-0.05, 0) is 51.4 Å². The molecule has 0 fully saturated rings. The molecule has 0 saturated carbocycles. The van der Waals surface area contributed by atoms with Gasteiger partial charge in [-0.3, -0.25) is 18.6 Å². The van der Waals surface area contributed by atoms with Gasteiger partial charge in [-0.15, -0.1) is 0 Å². The van der Waals surface area contributed by atoms with Gasteiger partial charge in [-0.25, -0.2) is 4.57 Å². The molecule has 0 amide bonds. The molecule has 1 unspecified atom stereocenters. The van der Waals surface area contributed by atoms with Gasteiger partial charge in [-0.2, -0.15) is 0 Å². The molecule has 0 rings (SSSR count). The maximum atomic E-state index is 12.6. The summed E-state index contributed by atoms with van der Waals surface area (Å²) in [5, 5.41) is 0. The first-order valence-corrected chi connectivity index (χ1v) is 25.1. The molecule has 0 aromatic carbocycles. The van der Waals surface area contributed by atoms with Crippen molar-refractivity contribution < 1.29 is 37.6 Å². The predicted molar refractivity (Wildman–Crippen MR) is 243 cm³/mol. The summed E-state index contributed by atoms with van der Waals surface area (Å²) in [5.74, 6) is -0.872. The van der Waals surface area contributed by atoms with Gasteiger partial charge < -0.3 is 20.1 Å². The lowest BCUT2D eigenvalue weighted by Crippen LogP contribution is -2.29. The van der Waals surface area contributed by atoms with Gasteiger partial charge in [-0.1, -0.05) is 197 Å². The van der Waals surface area contributed by atoms with E-state index in [0.717, 1.165) is 57.8 Å². The van der Waals surface area contributed by atoms with Crippen LogP contribution < -0.4 is 5.73 Å². The minimum absolute atomic E-state index is 0.0460. The summed E-state index contributed by atoms with van der Waals surface area (Å²) in [6.45, 7) is 3.59. The average Bonchev–Trinajstić information content (AvgIpc) is 3.21. The monoisotopic (exact) mass is 838 g/mol. The average molecular weight is 838 g/mol. The van der Waals surface area contributed by atoms with Crippen LogP contribution in [0.3, 0.4) is 0 Å². The zero-order valence-corrected chi connectivity index (χ0v) is 38.2. The van der Waals surface area contributed by atoms with Crippen LogP contribution in [0.15, 0.2) is 48.6 Å². The third-order valence-electron chi connectivity index (χ3n) is 9.98. The van der Waals surface area contributed by atoms with E-state index in [-0.39, 0.29) is 32.6 Å². The zero-order chi connectivity index (χ0) is 42.5. The number of hydrogen-bond acceptors (Lipinski definition) is 8. The van der Waals surface area contributed by atoms with Crippen molar-refractivity contribution in [2.75, 3.05) is 26.4 Å². The quantitative estimate of drug-likeness (QED) is 0.0266. The summed E-state index contributed by atoms with van der Waals surface area (Å²) in [6, 6.07) is 0. The molecule has 3 N–H and O–H groups in total. The van der Waals surface area contributed by atoms with E-state index in [1.165, 1.54) is 122 Å². The maximum Gasteiger partial charge on any atom is 0.472 e. The van der Waals surface area contributed by atoms with Crippen LogP contribution in [0.2, 0.25) is 0 Å². The standard InChI is InChI=1S/C48H88NO8P/c1-3-5-7-9-11-13-15-17-19-20-21-22-23-24-25-27-28-30-32-34-36-38-40-47(50)54-44-46(45-56-58(52,53)55-43-42-49)57-48(51)41-39-37-35-33-31-29-26-18-16-14-12-10-8-6-4-2/h6,8,12,14,18,26,31,33,46H,3-5,7,9-11,13,15-17,19-25,27-30,32,34-45,49H2,1-2H3,(H,52,53)/b8-6+,14-12+,26-18+,33-31+/t46-/m1/s1. The molecule has 0 spiro atoms. The van der Waals surface area contributed by atoms with Crippen molar-refractivity contribution in [2.24, 2.45) is 5.73 Å². The Hall–Kier alpha value is -2.03. The van der Waals surface area contributed by atoms with Crippen molar-refractivity contribution in [3.05, 3.63) is 48.6 Å². The van der Waals surface area contributed by atoms with Crippen LogP contribution in [-0.2, 0) is 32.7 Å². The number of hydrogen-bond donors (Lipinski definition) is 2. The summed E-state index contributed by atoms with van der Waals surface area (Å²) in [5.41, 5.74) is 5.35. The first-order valence-electron chi connectivity index (χ1n) is 23.6. The topological polar surface area (TPSA) is 134 Å². The number of phosphoric acid groups is 1. The van der Waals surface area contributed by atoms with E-state index in [2.05, 4.69) is 62.5 Å². The fraction of sp³-hybridized carbons (Fsp3) is 0.792. The molecule has 0 heterocycles. The van der Waals surface area contributed by atoms with E-state index in [1.54, 1.807) is 0 Å². The van der Waals surface area contributed by atoms with Crippen molar-refractivity contribution in [3.63, 3.8) is 0 Å². The van der Waals surface area contributed by atoms with Crippen molar-refractivity contribution in [2.45, 2.75) is 219 Å². The number of carbonyl (C=O) groups is 2. The van der Waals surface area contributed by atoms with E-state index in [1.807, 2.05) is 0 Å². The summed E-state index contributed by atoms with van der Waals surface area (Å²) in [6.07, 6.45) is 51.6. The maximum absolute atomic E-state index is 12.6. The fourth-order valence-electron chi connectivity index (χ4n) is 6.51. The second-order valence-corrected chi connectivity index (χ2v) is 17.1. The molecule has 338 valence electrons. The van der Waals surface area contributed by atoms with E-state index in [4.69, 9.17) is 24.3 Å². The number of phosphoric ester groups is 1. The largest absolute Gasteiger partial charge is 0.472 e. The van der Waals surface area contributed by atoms with Crippen molar-refractivity contribution in [1.82, 2.24) is 0 Å². The van der Waals surface area contributed by atoms with E-state index in [9.17, 15) is 19.0 Å². The predicted octanol–water partition coefficient (Wildman–Crippen LogP) is 13.9. The number of nitrogens with two attached hydrogens (primary N) is 1. The molecule has 58 heavy (non-hydrogen) atoms. The molecule has 2 atom stereocenters. The Morgan fingerprint density at radius 3 is 1.41 bits per heavy atom. The van der Waals surface area contributed by atoms with E-state index < -0.39 is 32.5 Å². The van der Waals surface area contributed by atoms with Crippen LogP contribution in [0.4, 0.5) is 0 Å². The number of ether oxygens (including phenoxy) is 2. The minimum atomic E-state index is -4.39. The molecule has 0 saturated heterocycles. The van der Waals surface area contributed by atoms with Crippen molar-refractivity contribution >= 4 is 19.8 Å². The molecule has 0 aliphatic heterocycles. The lowest BCUT2D eigenvalue weighted by atomic mass is 10.0. The molecule has 0 aromatic rings. The molecule has 0 aromatic heterocycles. The first kappa shape index (κ1) is 56.0. The fourth-order valence-corrected chi connectivity index (χ4v) is 7.27. The molecule has 0 aliphatic rings. The van der Waals surface area contributed by atoms with Crippen LogP contribution >= 0.6 is 7.82 Å². The highest BCUT2D eigenvalue weighted by Crippen LogP contribution is 2.43. The van der Waals surface area contributed by atoms with Gasteiger partial charge in [0.05, 0.1) is 13.2 Å². The number of unbranched alkanes of at least 4 members (excludes halogenated alkanes) is 23. The Morgan fingerprint density at radius 2 is 0.948 bits per heavy atom. The lowest BCUT2D eigenvalue weighted by molar-refractivity contribution is -0.161. The molecule has 0 bridgehead atoms. The summed E-state index contributed by atoms with van der Waals surface area (Å²) < 4.78 is 32.8. The van der Waals surface area contributed by atoms with E-state index >= 15 is 0 Å². The van der Waals surface area contributed by atoms with Crippen LogP contribution in [0.1, 0.15) is 213 Å². The van der Waals surface area contributed by atoms with Gasteiger partial charge in [0.2, 0.25) is 0 Å². The number of carbonyl (C=O) groups excluding carboxylic acids is 2. The van der Waals surface area contributed by atoms with Crippen molar-refractivity contribution in [3.8, 4) is 0 Å². The Bertz CT molecular complexity index is 1090. The number of rotatable bonds is 44. The summed E-state index contributed by atoms with van der Waals surface area (Å²) in [7, 11) is -4.39. The highest BCUT2D eigenvalue weighted by atomic mass is 31.2. The molecule has 0 aliphatic carbocycles. The van der Waals surface area contributed by atoms with E-state index in [0.29, 0.717) is 6.42 Å². The second-order valence-electron chi connectivity index (χ2n) is 15.6. The number of allylic oxidation sites excluding steroid dienone is 8. The Morgan fingerprint density at radius 1 is 0.534 bits per heavy atom. The highest BCUT2D eigenvalue weighted by molar-refractivity contribution is 7.47. The Labute approximate surface area is 356 Å². The second kappa shape index (κ2) is 44.5. The smallest absolute Gasteiger partial charge is 0.462 e. The number of esters is 2. The summed E-state index contributed by atoms with van der Waals surface area (Å²) in [4.78, 5) is 34.9. The Kier molecular flexibility index (Phi) is 43.0. The van der Waals surface area contributed by atoms with Crippen LogP contribution in [0.25, 0.3) is 0 Å². The zero-order valence-electron chi connectivity index (χ0n) is 37.3. The van der Waals surface area contributed by atoms with Crippen LogP contribution in [-0.4, -0.2) is 49.3 Å². The molecule has 9 nitrogen and oxygen atoms in total. The van der Waals surface area contributed by atoms with Crippen LogP contribution in [0.5, 0.6) is 0 Å². The summed E-state index contributed by atoms with van der Waals surface area (Å²) >= 11 is 0. The molecule has 10 heteroatoms. The van der Waals surface area contributed by atoms with Crippen LogP contribution in [0, 0.1) is 0 Å². The third-order valence-corrected chi connectivity index (χ3v) is 11.0. The lowest BCUT2D eigenvalue weighted by Gasteiger charge is -2.19. The molecular weight excluding hydrogens is 750 g/mol. The SMILES string of the molecule is CC/C=C/C/C=C/C/C=C/C/C=C/CCCCC(=O)O[C@H](COC(=O)CCCCCCCCCCCCCCCCCCCCCCCC)COP(=O)(O)OCCN. The van der Waals surface area contributed by atoms with Gasteiger partial charge >= 0.3 is 19.8 Å². The Balaban J connectivity index is 4.08. The normalized spacial score (nSPS) is 13.7. The third kappa shape index (κ3) is 43.5. The van der Waals surface area contributed by atoms with Gasteiger partial charge in [0.1, 0.15) is 6.61 Å². The van der Waals surface area contributed by atoms with Gasteiger partial charge in [0, 0.05) is 19.4 Å². The van der Waals surface area contributed by atoms with Crippen molar-refractivity contribution in [1.29, 1.82) is 0 Å². The minimum Gasteiger partial charge on any atom is -0.462 e. The van der Waals surface area contributed by atoms with Gasteiger partial charge in [0.25, 0.3) is 0 Å². The molecule has 0 radical (unpaired) electrons.